The Labute approximate surface area is 354 Å². The lowest BCUT2D eigenvalue weighted by Gasteiger charge is -2.27. The molecule has 0 radical (unpaired) electrons. The third kappa shape index (κ3) is 35.2. The summed E-state index contributed by atoms with van der Waals surface area (Å²) in [5.74, 6) is -2.16. The maximum absolute atomic E-state index is 12.7. The molecule has 0 aromatic heterocycles. The lowest BCUT2D eigenvalue weighted by atomic mass is 9.87. The third-order valence-electron chi connectivity index (χ3n) is 10.5. The molecule has 0 rings (SSSR count). The first kappa shape index (κ1) is 55.3. The van der Waals surface area contributed by atoms with Crippen LogP contribution in [0.25, 0.3) is 0 Å². The zero-order valence-electron chi connectivity index (χ0n) is 37.6. The highest BCUT2D eigenvalue weighted by molar-refractivity contribution is 5.82. The van der Waals surface area contributed by atoms with Gasteiger partial charge in [0, 0.05) is 24.8 Å². The van der Waals surface area contributed by atoms with Crippen LogP contribution in [0.1, 0.15) is 214 Å². The van der Waals surface area contributed by atoms with Crippen LogP contribution in [-0.2, 0) is 33.4 Å². The molecule has 0 spiro atoms. The van der Waals surface area contributed by atoms with Crippen LogP contribution in [0.3, 0.4) is 0 Å². The van der Waals surface area contributed by atoms with Gasteiger partial charge in [0.25, 0.3) is 0 Å². The van der Waals surface area contributed by atoms with Crippen molar-refractivity contribution in [3.63, 3.8) is 0 Å². The predicted octanol–water partition coefficient (Wildman–Crippen LogP) is 10.9. The van der Waals surface area contributed by atoms with E-state index in [1.807, 2.05) is 0 Å². The van der Waals surface area contributed by atoms with E-state index in [1.165, 1.54) is 89.9 Å². The molecule has 0 heterocycles. The monoisotopic (exact) mass is 822 g/mol. The first-order valence-electron chi connectivity index (χ1n) is 23.4. The van der Waals surface area contributed by atoms with Gasteiger partial charge in [0.05, 0.1) is 13.0 Å². The van der Waals surface area contributed by atoms with E-state index >= 15 is 0 Å². The van der Waals surface area contributed by atoms with Gasteiger partial charge in [-0.15, -0.1) is 0 Å². The van der Waals surface area contributed by atoms with Crippen molar-refractivity contribution in [2.24, 2.45) is 5.41 Å². The second-order valence-electron chi connectivity index (χ2n) is 16.7. The van der Waals surface area contributed by atoms with Crippen molar-refractivity contribution in [1.82, 2.24) is 5.32 Å². The fourth-order valence-corrected chi connectivity index (χ4v) is 6.38. The van der Waals surface area contributed by atoms with Crippen LogP contribution in [-0.4, -0.2) is 72.6 Å². The quantitative estimate of drug-likeness (QED) is 0.0237. The van der Waals surface area contributed by atoms with Gasteiger partial charge in [0.15, 0.2) is 6.10 Å². The van der Waals surface area contributed by atoms with E-state index in [1.54, 1.807) is 13.8 Å². The van der Waals surface area contributed by atoms with E-state index < -0.39 is 35.5 Å². The van der Waals surface area contributed by atoms with E-state index in [0.29, 0.717) is 6.42 Å². The molecule has 0 saturated carbocycles. The minimum Gasteiger partial charge on any atom is -0.462 e. The van der Waals surface area contributed by atoms with Crippen LogP contribution >= 0.6 is 0 Å². The van der Waals surface area contributed by atoms with E-state index in [2.05, 4.69) is 43.5 Å². The number of aliphatic hydroxyl groups is 2. The Morgan fingerprint density at radius 2 is 0.897 bits per heavy atom. The van der Waals surface area contributed by atoms with Gasteiger partial charge in [0.1, 0.15) is 19.3 Å². The van der Waals surface area contributed by atoms with Crippen LogP contribution in [0.2, 0.25) is 0 Å². The SMILES string of the molecule is CCCCCCCC/C=C\CCCCCCCC(=O)OCC(COC(=O)CCNC(=O)C(O)C(C)(C)CO)OC(=O)CCCCCCC/C=C\CCCCCCCC. The van der Waals surface area contributed by atoms with Crippen LogP contribution in [0.4, 0.5) is 0 Å². The Kier molecular flexibility index (Phi) is 37.9. The summed E-state index contributed by atoms with van der Waals surface area (Å²) in [7, 11) is 0. The van der Waals surface area contributed by atoms with Crippen molar-refractivity contribution in [1.29, 1.82) is 0 Å². The Morgan fingerprint density at radius 3 is 1.31 bits per heavy atom. The summed E-state index contributed by atoms with van der Waals surface area (Å²) < 4.78 is 16.4. The lowest BCUT2D eigenvalue weighted by molar-refractivity contribution is -0.167. The average Bonchev–Trinajstić information content (AvgIpc) is 3.21. The summed E-state index contributed by atoms with van der Waals surface area (Å²) in [6.45, 7) is 6.62. The highest BCUT2D eigenvalue weighted by Crippen LogP contribution is 2.19. The van der Waals surface area contributed by atoms with Crippen molar-refractivity contribution in [3.05, 3.63) is 24.3 Å². The molecule has 2 atom stereocenters. The Hall–Kier alpha value is -2.72. The second-order valence-corrected chi connectivity index (χ2v) is 16.7. The molecular weight excluding hydrogens is 735 g/mol. The van der Waals surface area contributed by atoms with E-state index in [-0.39, 0.29) is 51.6 Å². The first-order chi connectivity index (χ1) is 28.1. The number of unbranched alkanes of at least 4 members (excludes halogenated alkanes) is 22. The topological polar surface area (TPSA) is 148 Å². The molecule has 0 aromatic carbocycles. The molecule has 2 unspecified atom stereocenters. The lowest BCUT2D eigenvalue weighted by Crippen LogP contribution is -2.46. The van der Waals surface area contributed by atoms with Crippen molar-refractivity contribution in [2.75, 3.05) is 26.4 Å². The van der Waals surface area contributed by atoms with Crippen LogP contribution in [0.5, 0.6) is 0 Å². The summed E-state index contributed by atoms with van der Waals surface area (Å²) in [6, 6.07) is 0. The van der Waals surface area contributed by atoms with Crippen molar-refractivity contribution >= 4 is 23.8 Å². The smallest absolute Gasteiger partial charge is 0.307 e. The maximum Gasteiger partial charge on any atom is 0.307 e. The number of carbonyl (C=O) groups excluding carboxylic acids is 4. The molecule has 0 bridgehead atoms. The molecule has 1 amide bonds. The summed E-state index contributed by atoms with van der Waals surface area (Å²) in [5, 5.41) is 22.0. The van der Waals surface area contributed by atoms with Gasteiger partial charge < -0.3 is 29.7 Å². The Balaban J connectivity index is 4.51. The fraction of sp³-hybridized carbons (Fsp3) is 0.833. The molecule has 0 fully saturated rings. The van der Waals surface area contributed by atoms with Gasteiger partial charge in [0.2, 0.25) is 5.91 Å². The average molecular weight is 822 g/mol. The molecule has 0 aliphatic heterocycles. The van der Waals surface area contributed by atoms with E-state index in [4.69, 9.17) is 14.2 Å². The molecule has 338 valence electrons. The molecule has 10 nitrogen and oxygen atoms in total. The predicted molar refractivity (Wildman–Crippen MR) is 235 cm³/mol. The van der Waals surface area contributed by atoms with Crippen molar-refractivity contribution in [2.45, 2.75) is 226 Å². The normalized spacial score (nSPS) is 12.9. The number of carbonyl (C=O) groups is 4. The third-order valence-corrected chi connectivity index (χ3v) is 10.5. The number of ether oxygens (including phenoxy) is 3. The molecule has 0 saturated heterocycles. The van der Waals surface area contributed by atoms with E-state index in [0.717, 1.165) is 70.6 Å². The molecule has 0 aliphatic carbocycles. The summed E-state index contributed by atoms with van der Waals surface area (Å²) in [4.78, 5) is 49.9. The fourth-order valence-electron chi connectivity index (χ4n) is 6.38. The number of aliphatic hydroxyl groups excluding tert-OH is 2. The van der Waals surface area contributed by atoms with Crippen LogP contribution in [0, 0.1) is 5.41 Å². The van der Waals surface area contributed by atoms with Crippen LogP contribution in [0.15, 0.2) is 24.3 Å². The number of amides is 1. The highest BCUT2D eigenvalue weighted by atomic mass is 16.6. The van der Waals surface area contributed by atoms with Gasteiger partial charge in [-0.25, -0.2) is 0 Å². The number of hydrogen-bond donors (Lipinski definition) is 3. The van der Waals surface area contributed by atoms with Gasteiger partial charge >= 0.3 is 17.9 Å². The number of esters is 3. The molecule has 0 aliphatic rings. The number of hydrogen-bond acceptors (Lipinski definition) is 9. The Morgan fingerprint density at radius 1 is 0.534 bits per heavy atom. The number of nitrogens with one attached hydrogen (secondary N) is 1. The highest BCUT2D eigenvalue weighted by Gasteiger charge is 2.32. The first-order valence-corrected chi connectivity index (χ1v) is 23.4. The van der Waals surface area contributed by atoms with Gasteiger partial charge in [-0.2, -0.15) is 0 Å². The summed E-state index contributed by atoms with van der Waals surface area (Å²) in [6.07, 6.45) is 37.4. The zero-order valence-corrected chi connectivity index (χ0v) is 37.6. The maximum atomic E-state index is 12.7. The molecule has 58 heavy (non-hydrogen) atoms. The van der Waals surface area contributed by atoms with Gasteiger partial charge in [-0.1, -0.05) is 155 Å². The van der Waals surface area contributed by atoms with Gasteiger partial charge in [-0.3, -0.25) is 19.2 Å². The standard InChI is InChI=1S/C48H87NO9/c1-5-7-9-11-13-15-17-19-21-23-25-27-29-31-33-35-43(51)56-39-42(40-57-44(52)37-38-49-47(55)46(54)48(3,4)41-50)58-45(53)36-34-32-30-28-26-24-22-20-18-16-14-12-10-8-6-2/h19-22,42,46,50,54H,5-18,23-41H2,1-4H3,(H,49,55)/b21-19-,22-20-. The van der Waals surface area contributed by atoms with Gasteiger partial charge in [-0.05, 0) is 64.2 Å². The minimum atomic E-state index is -1.44. The summed E-state index contributed by atoms with van der Waals surface area (Å²) in [5.41, 5.74) is -1.03. The second kappa shape index (κ2) is 39.7. The minimum absolute atomic E-state index is 0.0822. The summed E-state index contributed by atoms with van der Waals surface area (Å²) >= 11 is 0. The zero-order chi connectivity index (χ0) is 43.0. The number of rotatable bonds is 41. The van der Waals surface area contributed by atoms with Crippen molar-refractivity contribution in [3.8, 4) is 0 Å². The number of allylic oxidation sites excluding steroid dienone is 4. The molecular formula is C48H87NO9. The van der Waals surface area contributed by atoms with Crippen molar-refractivity contribution < 1.29 is 43.6 Å². The Bertz CT molecular complexity index is 1070. The van der Waals surface area contributed by atoms with Crippen LogP contribution < -0.4 is 5.32 Å². The van der Waals surface area contributed by atoms with E-state index in [9.17, 15) is 29.4 Å². The largest absolute Gasteiger partial charge is 0.462 e. The molecule has 0 aromatic rings. The molecule has 3 N–H and O–H groups in total. The molecule has 10 heteroatoms.